The van der Waals surface area contributed by atoms with Gasteiger partial charge in [-0.3, -0.25) is 19.5 Å². The molecule has 0 aliphatic carbocycles. The monoisotopic (exact) mass is 415 g/mol. The van der Waals surface area contributed by atoms with E-state index < -0.39 is 23.3 Å². The van der Waals surface area contributed by atoms with E-state index in [0.717, 1.165) is 5.56 Å². The van der Waals surface area contributed by atoms with Crippen LogP contribution in [-0.2, 0) is 24.9 Å². The van der Waals surface area contributed by atoms with Crippen LogP contribution < -0.4 is 0 Å². The molecular formula is C21H25N3O4S. The zero-order chi connectivity index (χ0) is 20.8. The Kier molecular flexibility index (Phi) is 5.14. The van der Waals surface area contributed by atoms with Gasteiger partial charge in [-0.15, -0.1) is 0 Å². The second-order valence-corrected chi connectivity index (χ2v) is 8.47. The first-order chi connectivity index (χ1) is 14.0. The third-order valence-corrected chi connectivity index (χ3v) is 7.42. The molecule has 0 unspecified atom stereocenters. The lowest BCUT2D eigenvalue weighted by atomic mass is 9.78. The van der Waals surface area contributed by atoms with Crippen molar-refractivity contribution in [1.82, 2.24) is 9.80 Å². The number of aliphatic imine (C=N–C) groups is 1. The topological polar surface area (TPSA) is 79.3 Å². The number of fused-ring (bicyclic) bond motifs is 3. The smallest absolute Gasteiger partial charge is 0.332 e. The number of amidine groups is 1. The van der Waals surface area contributed by atoms with Crippen LogP contribution in [0.1, 0.15) is 25.8 Å². The van der Waals surface area contributed by atoms with Gasteiger partial charge in [0.1, 0.15) is 0 Å². The Morgan fingerprint density at radius 3 is 2.59 bits per heavy atom. The molecule has 0 spiro atoms. The van der Waals surface area contributed by atoms with Gasteiger partial charge >= 0.3 is 5.97 Å². The molecule has 2 saturated heterocycles. The first-order valence-electron chi connectivity index (χ1n) is 9.95. The molecule has 1 aromatic carbocycles. The van der Waals surface area contributed by atoms with Gasteiger partial charge in [-0.25, -0.2) is 4.79 Å². The molecule has 154 valence electrons. The van der Waals surface area contributed by atoms with Gasteiger partial charge in [0.05, 0.1) is 31.5 Å². The number of hydrogen-bond acceptors (Lipinski definition) is 7. The minimum absolute atomic E-state index is 0.193. The molecule has 0 saturated carbocycles. The number of thioether (sulfide) groups is 1. The summed E-state index contributed by atoms with van der Waals surface area (Å²) in [4.78, 5) is 47.2. The van der Waals surface area contributed by atoms with E-state index in [1.165, 1.54) is 23.8 Å². The molecule has 4 atom stereocenters. The molecule has 0 aromatic heterocycles. The molecule has 4 rings (SSSR count). The largest absolute Gasteiger partial charge is 0.467 e. The number of carbonyl (C=O) groups excluding carboxylic acids is 3. The summed E-state index contributed by atoms with van der Waals surface area (Å²) in [5.74, 6) is -1.51. The maximum atomic E-state index is 13.2. The second-order valence-electron chi connectivity index (χ2n) is 7.53. The van der Waals surface area contributed by atoms with Crippen molar-refractivity contribution in [2.75, 3.05) is 20.2 Å². The molecule has 2 fully saturated rings. The number of hydrogen-bond donors (Lipinski definition) is 0. The fraction of sp³-hybridized carbons (Fsp3) is 0.524. The normalized spacial score (nSPS) is 30.4. The van der Waals surface area contributed by atoms with Gasteiger partial charge in [0, 0.05) is 12.3 Å². The van der Waals surface area contributed by atoms with Gasteiger partial charge in [-0.1, -0.05) is 49.0 Å². The number of amides is 2. The van der Waals surface area contributed by atoms with Crippen LogP contribution in [0.3, 0.4) is 0 Å². The summed E-state index contributed by atoms with van der Waals surface area (Å²) in [5, 5.41) is 0.712. The van der Waals surface area contributed by atoms with Crippen molar-refractivity contribution >= 4 is 34.7 Å². The number of methoxy groups -OCH3 is 1. The molecule has 3 aliphatic heterocycles. The van der Waals surface area contributed by atoms with E-state index in [2.05, 4.69) is 4.99 Å². The Labute approximate surface area is 174 Å². The second kappa shape index (κ2) is 7.48. The maximum absolute atomic E-state index is 13.2. The average Bonchev–Trinajstić information content (AvgIpc) is 3.36. The number of likely N-dealkylation sites (tertiary alicyclic amines) is 1. The fourth-order valence-corrected chi connectivity index (χ4v) is 6.18. The summed E-state index contributed by atoms with van der Waals surface area (Å²) in [5.41, 5.74) is -0.0488. The van der Waals surface area contributed by atoms with Crippen LogP contribution in [0.5, 0.6) is 0 Å². The van der Waals surface area contributed by atoms with Gasteiger partial charge in [0.15, 0.2) is 10.7 Å². The van der Waals surface area contributed by atoms with Crippen molar-refractivity contribution in [2.45, 2.75) is 37.6 Å². The zero-order valence-corrected chi connectivity index (χ0v) is 17.6. The highest BCUT2D eigenvalue weighted by Crippen LogP contribution is 2.53. The Morgan fingerprint density at radius 2 is 1.97 bits per heavy atom. The van der Waals surface area contributed by atoms with E-state index in [-0.39, 0.29) is 17.9 Å². The van der Waals surface area contributed by atoms with Gasteiger partial charge < -0.3 is 9.64 Å². The van der Waals surface area contributed by atoms with E-state index in [0.29, 0.717) is 30.4 Å². The van der Waals surface area contributed by atoms with Crippen LogP contribution in [0.4, 0.5) is 0 Å². The molecule has 3 aliphatic rings. The molecule has 2 amide bonds. The van der Waals surface area contributed by atoms with Crippen LogP contribution in [0, 0.1) is 11.8 Å². The highest BCUT2D eigenvalue weighted by molar-refractivity contribution is 8.13. The van der Waals surface area contributed by atoms with Gasteiger partial charge in [-0.2, -0.15) is 0 Å². The molecule has 29 heavy (non-hydrogen) atoms. The first-order valence-corrected chi connectivity index (χ1v) is 10.9. The van der Waals surface area contributed by atoms with Gasteiger partial charge in [0.25, 0.3) is 0 Å². The molecule has 8 heteroatoms. The standard InChI is InChI=1S/C21H25N3O4S/c1-4-21(19(27)28-3)16-15(17(25)23(5-2)18(16)26)14-11-22-20(24(14)21)29-12-13-9-7-6-8-10-13/h6-10,14-16H,4-5,11-12H2,1-3H3/t14-,15+,16-,21-/m1/s1. The predicted octanol–water partition coefficient (Wildman–Crippen LogP) is 1.92. The molecule has 1 aromatic rings. The van der Waals surface area contributed by atoms with Gasteiger partial charge in [-0.05, 0) is 18.9 Å². The van der Waals surface area contributed by atoms with E-state index in [4.69, 9.17) is 4.74 Å². The summed E-state index contributed by atoms with van der Waals surface area (Å²) >= 11 is 1.54. The van der Waals surface area contributed by atoms with Crippen molar-refractivity contribution in [3.8, 4) is 0 Å². The zero-order valence-electron chi connectivity index (χ0n) is 16.8. The van der Waals surface area contributed by atoms with Crippen molar-refractivity contribution in [3.63, 3.8) is 0 Å². The van der Waals surface area contributed by atoms with Crippen molar-refractivity contribution < 1.29 is 19.1 Å². The number of carbonyl (C=O) groups is 3. The lowest BCUT2D eigenvalue weighted by molar-refractivity contribution is -0.158. The highest BCUT2D eigenvalue weighted by Gasteiger charge is 2.73. The Morgan fingerprint density at radius 1 is 1.24 bits per heavy atom. The molecule has 0 bridgehead atoms. The summed E-state index contributed by atoms with van der Waals surface area (Å²) in [7, 11) is 1.34. The quantitative estimate of drug-likeness (QED) is 0.540. The Balaban J connectivity index is 1.71. The third kappa shape index (κ3) is 2.72. The molecule has 0 N–H and O–H groups in total. The number of rotatable bonds is 5. The molecule has 7 nitrogen and oxygen atoms in total. The van der Waals surface area contributed by atoms with Crippen molar-refractivity contribution in [1.29, 1.82) is 0 Å². The lowest BCUT2D eigenvalue weighted by Crippen LogP contribution is -2.59. The number of benzene rings is 1. The number of ether oxygens (including phenoxy) is 1. The molecule has 3 heterocycles. The number of nitrogens with zero attached hydrogens (tertiary/aromatic N) is 3. The van der Waals surface area contributed by atoms with E-state index in [1.54, 1.807) is 6.92 Å². The number of imide groups is 1. The minimum atomic E-state index is -1.19. The maximum Gasteiger partial charge on any atom is 0.332 e. The lowest BCUT2D eigenvalue weighted by Gasteiger charge is -2.39. The van der Waals surface area contributed by atoms with Crippen LogP contribution in [0.15, 0.2) is 35.3 Å². The summed E-state index contributed by atoms with van der Waals surface area (Å²) in [6, 6.07) is 9.73. The summed E-state index contributed by atoms with van der Waals surface area (Å²) in [6.07, 6.45) is 0.374. The SMILES string of the molecule is CCN1C(=O)[C@H]2[C@H]3CN=C(SCc4ccccc4)N3[C@@](CC)(C(=O)OC)[C@H]2C1=O. The first kappa shape index (κ1) is 19.9. The van der Waals surface area contributed by atoms with Crippen molar-refractivity contribution in [2.24, 2.45) is 16.8 Å². The van der Waals surface area contributed by atoms with Crippen LogP contribution in [-0.4, -0.2) is 64.5 Å². The van der Waals surface area contributed by atoms with Gasteiger partial charge in [0.2, 0.25) is 11.8 Å². The Bertz CT molecular complexity index is 874. The fourth-order valence-electron chi connectivity index (χ4n) is 5.09. The van der Waals surface area contributed by atoms with E-state index in [9.17, 15) is 14.4 Å². The molecule has 0 radical (unpaired) electrons. The Hall–Kier alpha value is -2.35. The highest BCUT2D eigenvalue weighted by atomic mass is 32.2. The third-order valence-electron chi connectivity index (χ3n) is 6.36. The van der Waals surface area contributed by atoms with Crippen LogP contribution in [0.2, 0.25) is 0 Å². The summed E-state index contributed by atoms with van der Waals surface area (Å²) in [6.45, 7) is 4.38. The molecular weight excluding hydrogens is 390 g/mol. The van der Waals surface area contributed by atoms with E-state index >= 15 is 0 Å². The van der Waals surface area contributed by atoms with Crippen LogP contribution >= 0.6 is 11.8 Å². The van der Waals surface area contributed by atoms with E-state index in [1.807, 2.05) is 42.2 Å². The summed E-state index contributed by atoms with van der Waals surface area (Å²) < 4.78 is 5.18. The minimum Gasteiger partial charge on any atom is -0.467 e. The predicted molar refractivity (Wildman–Crippen MR) is 110 cm³/mol. The van der Waals surface area contributed by atoms with Crippen LogP contribution in [0.25, 0.3) is 0 Å². The van der Waals surface area contributed by atoms with Crippen molar-refractivity contribution in [3.05, 3.63) is 35.9 Å². The average molecular weight is 416 g/mol. The number of esters is 1.